The Kier molecular flexibility index (Phi) is 4.41. The molecule has 0 aromatic carbocycles. The van der Waals surface area contributed by atoms with Gasteiger partial charge < -0.3 is 21.5 Å². The summed E-state index contributed by atoms with van der Waals surface area (Å²) < 4.78 is 4.87. The summed E-state index contributed by atoms with van der Waals surface area (Å²) in [7, 11) is 1.38. The summed E-state index contributed by atoms with van der Waals surface area (Å²) in [6.07, 6.45) is 1.57. The lowest BCUT2D eigenvalue weighted by Gasteiger charge is -2.08. The van der Waals surface area contributed by atoms with Crippen molar-refractivity contribution in [2.75, 3.05) is 19.0 Å². The Balaban J connectivity index is 2.92. The number of anilines is 1. The van der Waals surface area contributed by atoms with Crippen molar-refractivity contribution in [3.8, 4) is 5.88 Å². The van der Waals surface area contributed by atoms with Gasteiger partial charge in [-0.15, -0.1) is 0 Å². The van der Waals surface area contributed by atoms with E-state index in [1.165, 1.54) is 19.4 Å². The zero-order valence-electron chi connectivity index (χ0n) is 9.40. The van der Waals surface area contributed by atoms with Crippen LogP contribution in [-0.2, 0) is 4.79 Å². The first kappa shape index (κ1) is 12.9. The van der Waals surface area contributed by atoms with Gasteiger partial charge in [-0.05, 0) is 6.07 Å². The minimum atomic E-state index is -0.677. The number of rotatable bonds is 5. The highest BCUT2D eigenvalue weighted by Gasteiger charge is 2.12. The molecule has 0 saturated carbocycles. The number of pyridine rings is 1. The summed E-state index contributed by atoms with van der Waals surface area (Å²) in [5, 5.41) is 2.54. The molecule has 7 nitrogen and oxygen atoms in total. The predicted molar refractivity (Wildman–Crippen MR) is 61.6 cm³/mol. The fraction of sp³-hybridized carbons (Fsp3) is 0.300. The van der Waals surface area contributed by atoms with Crippen molar-refractivity contribution >= 4 is 17.5 Å². The number of nitrogens with zero attached hydrogens (tertiary/aromatic N) is 1. The molecular weight excluding hydrogens is 224 g/mol. The van der Waals surface area contributed by atoms with Gasteiger partial charge in [-0.25, -0.2) is 4.98 Å². The van der Waals surface area contributed by atoms with Crippen molar-refractivity contribution < 1.29 is 14.3 Å². The molecule has 1 heterocycles. The monoisotopic (exact) mass is 238 g/mol. The van der Waals surface area contributed by atoms with Crippen molar-refractivity contribution in [3.05, 3.63) is 17.8 Å². The lowest BCUT2D eigenvalue weighted by molar-refractivity contribution is -0.116. The van der Waals surface area contributed by atoms with E-state index in [1.54, 1.807) is 0 Å². The third-order valence-electron chi connectivity index (χ3n) is 1.97. The minimum Gasteiger partial charge on any atom is -0.480 e. The molecule has 0 saturated heterocycles. The molecule has 7 heteroatoms. The first-order chi connectivity index (χ1) is 8.08. The van der Waals surface area contributed by atoms with Crippen molar-refractivity contribution in [1.82, 2.24) is 4.98 Å². The van der Waals surface area contributed by atoms with Crippen molar-refractivity contribution in [3.63, 3.8) is 0 Å². The number of carbonyl (C=O) groups excluding carboxylic acids is 2. The Morgan fingerprint density at radius 1 is 1.53 bits per heavy atom. The molecule has 92 valence electrons. The number of hydrogen-bond acceptors (Lipinski definition) is 5. The Bertz CT molecular complexity index is 434. The Morgan fingerprint density at radius 3 is 2.76 bits per heavy atom. The van der Waals surface area contributed by atoms with E-state index in [0.29, 0.717) is 5.69 Å². The second-order valence-electron chi connectivity index (χ2n) is 3.23. The molecular formula is C10H14N4O3. The van der Waals surface area contributed by atoms with Crippen LogP contribution in [-0.4, -0.2) is 30.5 Å². The molecule has 0 unspecified atom stereocenters. The van der Waals surface area contributed by atoms with E-state index in [4.69, 9.17) is 16.2 Å². The van der Waals surface area contributed by atoms with E-state index < -0.39 is 5.91 Å². The van der Waals surface area contributed by atoms with Crippen molar-refractivity contribution in [2.24, 2.45) is 11.5 Å². The van der Waals surface area contributed by atoms with Gasteiger partial charge in [-0.1, -0.05) is 0 Å². The summed E-state index contributed by atoms with van der Waals surface area (Å²) >= 11 is 0. The minimum absolute atomic E-state index is 0.109. The maximum Gasteiger partial charge on any atom is 0.254 e. The van der Waals surface area contributed by atoms with Crippen LogP contribution in [0.4, 0.5) is 5.69 Å². The molecule has 0 fully saturated rings. The Labute approximate surface area is 98.1 Å². The van der Waals surface area contributed by atoms with Crippen molar-refractivity contribution in [2.45, 2.75) is 6.42 Å². The van der Waals surface area contributed by atoms with Crippen LogP contribution in [0.3, 0.4) is 0 Å². The second kappa shape index (κ2) is 5.80. The van der Waals surface area contributed by atoms with Crippen molar-refractivity contribution in [1.29, 1.82) is 0 Å². The lowest BCUT2D eigenvalue weighted by atomic mass is 10.2. The number of primary amides is 1. The van der Waals surface area contributed by atoms with Crippen LogP contribution in [0.2, 0.25) is 0 Å². The molecule has 1 aromatic heterocycles. The molecule has 0 radical (unpaired) electrons. The van der Waals surface area contributed by atoms with Gasteiger partial charge in [0.15, 0.2) is 0 Å². The van der Waals surface area contributed by atoms with E-state index in [9.17, 15) is 9.59 Å². The smallest absolute Gasteiger partial charge is 0.254 e. The molecule has 1 aromatic rings. The average Bonchev–Trinajstić information content (AvgIpc) is 2.29. The number of aromatic nitrogens is 1. The maximum absolute atomic E-state index is 11.3. The third kappa shape index (κ3) is 3.42. The van der Waals surface area contributed by atoms with Gasteiger partial charge in [0.05, 0.1) is 19.0 Å². The van der Waals surface area contributed by atoms with E-state index >= 15 is 0 Å². The normalized spacial score (nSPS) is 9.76. The largest absolute Gasteiger partial charge is 0.480 e. The highest BCUT2D eigenvalue weighted by Crippen LogP contribution is 2.18. The zero-order valence-corrected chi connectivity index (χ0v) is 9.40. The first-order valence-corrected chi connectivity index (χ1v) is 4.92. The maximum atomic E-state index is 11.3. The number of methoxy groups -OCH3 is 1. The van der Waals surface area contributed by atoms with Crippen LogP contribution in [0.1, 0.15) is 16.8 Å². The van der Waals surface area contributed by atoms with E-state index in [1.807, 2.05) is 0 Å². The van der Waals surface area contributed by atoms with Gasteiger partial charge in [0, 0.05) is 13.0 Å². The Hall–Kier alpha value is -2.15. The van der Waals surface area contributed by atoms with Gasteiger partial charge >= 0.3 is 0 Å². The number of amides is 2. The average molecular weight is 238 g/mol. The van der Waals surface area contributed by atoms with E-state index in [2.05, 4.69) is 10.3 Å². The summed E-state index contributed by atoms with van der Waals surface area (Å²) in [4.78, 5) is 26.3. The molecule has 2 amide bonds. The number of carbonyl (C=O) groups is 2. The number of hydrogen-bond donors (Lipinski definition) is 3. The van der Waals surface area contributed by atoms with Crippen LogP contribution in [0.15, 0.2) is 12.3 Å². The predicted octanol–water partition coefficient (Wildman–Crippen LogP) is -0.524. The first-order valence-electron chi connectivity index (χ1n) is 4.92. The number of nitrogens with two attached hydrogens (primary N) is 2. The Morgan fingerprint density at radius 2 is 2.24 bits per heavy atom. The SMILES string of the molecule is COc1ncc(NC(=O)CCN)cc1C(N)=O. The van der Waals surface area contributed by atoms with Gasteiger partial charge in [0.25, 0.3) is 5.91 Å². The highest BCUT2D eigenvalue weighted by molar-refractivity contribution is 5.97. The third-order valence-corrected chi connectivity index (χ3v) is 1.97. The van der Waals surface area contributed by atoms with Crippen LogP contribution in [0.5, 0.6) is 5.88 Å². The summed E-state index contributed by atoms with van der Waals surface area (Å²) in [5.74, 6) is -0.812. The topological polar surface area (TPSA) is 120 Å². The molecule has 0 bridgehead atoms. The molecule has 17 heavy (non-hydrogen) atoms. The molecule has 5 N–H and O–H groups in total. The fourth-order valence-corrected chi connectivity index (χ4v) is 1.21. The molecule has 0 aliphatic carbocycles. The van der Waals surface area contributed by atoms with Gasteiger partial charge in [-0.2, -0.15) is 0 Å². The van der Waals surface area contributed by atoms with Crippen LogP contribution < -0.4 is 21.5 Å². The molecule has 0 spiro atoms. The van der Waals surface area contributed by atoms with E-state index in [0.717, 1.165) is 0 Å². The molecule has 0 aliphatic heterocycles. The summed E-state index contributed by atoms with van der Waals surface area (Å²) in [6.45, 7) is 0.248. The summed E-state index contributed by atoms with van der Waals surface area (Å²) in [5.41, 5.74) is 10.9. The molecule has 0 atom stereocenters. The zero-order chi connectivity index (χ0) is 12.8. The molecule has 0 aliphatic rings. The van der Waals surface area contributed by atoms with Gasteiger partial charge in [0.2, 0.25) is 11.8 Å². The van der Waals surface area contributed by atoms with Gasteiger partial charge in [-0.3, -0.25) is 9.59 Å². The van der Waals surface area contributed by atoms with Gasteiger partial charge in [0.1, 0.15) is 5.56 Å². The molecule has 1 rings (SSSR count). The number of ether oxygens (including phenoxy) is 1. The lowest BCUT2D eigenvalue weighted by Crippen LogP contribution is -2.18. The van der Waals surface area contributed by atoms with Crippen LogP contribution in [0, 0.1) is 0 Å². The quantitative estimate of drug-likeness (QED) is 0.637. The summed E-state index contributed by atoms with van der Waals surface area (Å²) in [6, 6.07) is 1.41. The number of nitrogens with one attached hydrogen (secondary N) is 1. The van der Waals surface area contributed by atoms with Crippen LogP contribution in [0.25, 0.3) is 0 Å². The van der Waals surface area contributed by atoms with Crippen LogP contribution >= 0.6 is 0 Å². The fourth-order valence-electron chi connectivity index (χ4n) is 1.21. The second-order valence-corrected chi connectivity index (χ2v) is 3.23. The standard InChI is InChI=1S/C10H14N4O3/c1-17-10-7(9(12)16)4-6(5-13-10)14-8(15)2-3-11/h4-5H,2-3,11H2,1H3,(H2,12,16)(H,14,15). The highest BCUT2D eigenvalue weighted by atomic mass is 16.5. The van der Waals surface area contributed by atoms with E-state index in [-0.39, 0.29) is 30.3 Å².